The molecule has 3 heterocycles. The number of halogens is 2. The van der Waals surface area contributed by atoms with Gasteiger partial charge in [0.1, 0.15) is 17.3 Å². The third kappa shape index (κ3) is 2.00. The summed E-state index contributed by atoms with van der Waals surface area (Å²) in [6, 6.07) is 12.6. The van der Waals surface area contributed by atoms with E-state index in [9.17, 15) is 9.18 Å². The smallest absolute Gasteiger partial charge is 0.253 e. The fourth-order valence-corrected chi connectivity index (χ4v) is 5.91. The minimum atomic E-state index is -0.652. The van der Waals surface area contributed by atoms with Gasteiger partial charge < -0.3 is 38.5 Å². The molecule has 2 atom stereocenters. The number of nitrogens with zero attached hydrogens (tertiary/aromatic N) is 2. The maximum atomic E-state index is 14.2. The topological polar surface area (TPSA) is 70.7 Å². The first-order chi connectivity index (χ1) is 12.4. The van der Waals surface area contributed by atoms with Crippen LogP contribution in [0, 0.1) is 5.82 Å². The molecular weight excluding hydrogens is 446 g/mol. The highest BCUT2D eigenvalue weighted by atomic mass is 127. The lowest BCUT2D eigenvalue weighted by atomic mass is 9.87. The summed E-state index contributed by atoms with van der Waals surface area (Å²) < 4.78 is 13.7. The highest BCUT2D eigenvalue weighted by Gasteiger charge is 2.50. The minimum absolute atomic E-state index is 0.0593. The molecule has 0 aromatic heterocycles. The van der Waals surface area contributed by atoms with Crippen LogP contribution < -0.4 is 33.6 Å². The van der Waals surface area contributed by atoms with Crippen LogP contribution in [0.4, 0.5) is 10.1 Å². The number of alkyl halides is 1. The molecule has 7 heteroatoms. The van der Waals surface area contributed by atoms with E-state index in [2.05, 4.69) is 32.9 Å². The van der Waals surface area contributed by atoms with Crippen molar-refractivity contribution in [3.05, 3.63) is 65.0 Å². The lowest BCUT2D eigenvalue weighted by Gasteiger charge is -2.56. The van der Waals surface area contributed by atoms with Crippen LogP contribution in [0.2, 0.25) is 0 Å². The Morgan fingerprint density at radius 3 is 2.88 bits per heavy atom. The summed E-state index contributed by atoms with van der Waals surface area (Å²) in [5.74, 6) is -0.110. The van der Waals surface area contributed by atoms with E-state index in [1.807, 2.05) is 35.2 Å². The Morgan fingerprint density at radius 1 is 1.23 bits per heavy atom. The summed E-state index contributed by atoms with van der Waals surface area (Å²) >= 11 is 2.36. The van der Waals surface area contributed by atoms with Crippen LogP contribution in [0.15, 0.2) is 47.5 Å². The number of carbonyl (C=O) groups excluding carboxylic acids is 1. The number of aliphatic imine (C=N–C) groups is 1. The summed E-state index contributed by atoms with van der Waals surface area (Å²) in [6.07, 6.45) is 1.19. The van der Waals surface area contributed by atoms with Gasteiger partial charge in [-0.1, -0.05) is 24.3 Å². The van der Waals surface area contributed by atoms with Gasteiger partial charge in [-0.2, -0.15) is 0 Å². The molecule has 0 bridgehead atoms. The molecule has 0 saturated carbocycles. The normalized spacial score (nSPS) is 28.9. The Hall–Kier alpha value is -2.16. The Balaban J connectivity index is 1.61. The van der Waals surface area contributed by atoms with Crippen LogP contribution in [-0.4, -0.2) is 28.9 Å². The zero-order valence-electron chi connectivity index (χ0n) is 13.8. The number of carbonyl (C=O) groups is 1. The first kappa shape index (κ1) is 16.0. The molecule has 2 aromatic rings. The van der Waals surface area contributed by atoms with E-state index in [1.165, 1.54) is 6.07 Å². The molecule has 5 nitrogen and oxygen atoms in total. The zero-order valence-corrected chi connectivity index (χ0v) is 16.0. The summed E-state index contributed by atoms with van der Waals surface area (Å²) in [4.78, 5) is 19.4. The molecule has 1 saturated heterocycles. The Labute approximate surface area is 163 Å². The minimum Gasteiger partial charge on any atom is -0.761 e. The van der Waals surface area contributed by atoms with Crippen molar-refractivity contribution in [2.75, 3.05) is 11.9 Å². The fraction of sp³-hybridized carbons (Fsp3) is 0.263. The number of fused-ring (bicyclic) bond motifs is 4. The Bertz CT molecular complexity index is 993. The van der Waals surface area contributed by atoms with Crippen molar-refractivity contribution in [1.29, 1.82) is 0 Å². The third-order valence-electron chi connectivity index (χ3n) is 5.49. The third-order valence-corrected chi connectivity index (χ3v) is 7.04. The van der Waals surface area contributed by atoms with E-state index in [0.29, 0.717) is 30.6 Å². The zero-order chi connectivity index (χ0) is 18.1. The van der Waals surface area contributed by atoms with Crippen molar-refractivity contribution < 1.29 is 31.8 Å². The van der Waals surface area contributed by atoms with Crippen LogP contribution >= 0.6 is 0 Å². The van der Waals surface area contributed by atoms with Crippen LogP contribution in [0.1, 0.15) is 34.3 Å². The fourth-order valence-electron chi connectivity index (χ4n) is 4.35. The largest absolute Gasteiger partial charge is 0.761 e. The van der Waals surface area contributed by atoms with Gasteiger partial charge in [0.2, 0.25) is 0 Å². The van der Waals surface area contributed by atoms with E-state index in [1.54, 1.807) is 6.07 Å². The van der Waals surface area contributed by atoms with Gasteiger partial charge in [-0.15, -0.1) is 0 Å². The molecule has 1 spiro atoms. The summed E-state index contributed by atoms with van der Waals surface area (Å²) in [6.45, 7) is 0.560. The molecule has 5 rings (SSSR count). The number of piperidine rings is 1. The van der Waals surface area contributed by atoms with Gasteiger partial charge in [-0.25, -0.2) is 9.38 Å². The van der Waals surface area contributed by atoms with Gasteiger partial charge in [0, 0.05) is 24.2 Å². The second kappa shape index (κ2) is 5.18. The molecule has 1 amide bonds. The average molecular weight is 462 g/mol. The van der Waals surface area contributed by atoms with E-state index >= 15 is 0 Å². The van der Waals surface area contributed by atoms with Crippen molar-refractivity contribution in [1.82, 2.24) is 4.90 Å². The molecule has 0 aliphatic carbocycles. The number of nitrogens with one attached hydrogen (secondary N) is 1. The second-order valence-electron chi connectivity index (χ2n) is 7.00. The summed E-state index contributed by atoms with van der Waals surface area (Å²) in [7, 11) is 0. The lowest BCUT2D eigenvalue weighted by molar-refractivity contribution is -0.529. The summed E-state index contributed by atoms with van der Waals surface area (Å²) in [5.41, 5.74) is 8.22. The molecule has 3 aliphatic rings. The number of amidine groups is 1. The second-order valence-corrected chi connectivity index (χ2v) is 8.79. The maximum absolute atomic E-state index is 14.2. The SMILES string of the molecule is NC1=N[C@@]2(CCN3C(=O)c4ccccc4C3([I-])C2)Nc2cccc(F)c21. The van der Waals surface area contributed by atoms with E-state index in [0.717, 1.165) is 11.1 Å². The Morgan fingerprint density at radius 2 is 2.04 bits per heavy atom. The van der Waals surface area contributed by atoms with E-state index in [-0.39, 0.29) is 17.6 Å². The predicted molar refractivity (Wildman–Crippen MR) is 91.9 cm³/mol. The number of rotatable bonds is 0. The number of hydrogen-bond donors (Lipinski definition) is 2. The molecule has 3 aliphatic heterocycles. The van der Waals surface area contributed by atoms with Crippen molar-refractivity contribution in [2.24, 2.45) is 10.7 Å². The van der Waals surface area contributed by atoms with Crippen LogP contribution in [0.3, 0.4) is 0 Å². The van der Waals surface area contributed by atoms with Gasteiger partial charge in [-0.3, -0.25) is 4.79 Å². The van der Waals surface area contributed by atoms with Crippen molar-refractivity contribution in [3.8, 4) is 0 Å². The highest BCUT2D eigenvalue weighted by Crippen LogP contribution is 2.46. The van der Waals surface area contributed by atoms with E-state index < -0.39 is 9.21 Å². The number of nitrogens with two attached hydrogens (primary N) is 1. The molecular formula is C19H16FIN4O-. The molecule has 1 unspecified atom stereocenters. The standard InChI is InChI=1S/C19H16FIN4O/c20-13-6-3-7-14-15(13)16(22)24-18(23-14)8-9-25-17(26)11-4-1-2-5-12(11)19(25,21)10-18/h1-7,23H,8-10H2,(H2,22,24)/q-1/t18-,19?/m1/s1. The average Bonchev–Trinajstić information content (AvgIpc) is 2.82. The number of benzene rings is 2. The van der Waals surface area contributed by atoms with Crippen LogP contribution in [0.25, 0.3) is 0 Å². The number of amides is 1. The number of anilines is 1. The molecule has 3 N–H and O–H groups in total. The molecule has 2 aromatic carbocycles. The molecule has 1 radical (unpaired) electrons. The molecule has 133 valence electrons. The maximum Gasteiger partial charge on any atom is 0.253 e. The lowest BCUT2D eigenvalue weighted by Crippen LogP contribution is -3.43. The van der Waals surface area contributed by atoms with Gasteiger partial charge >= 0.3 is 0 Å². The van der Waals surface area contributed by atoms with Crippen molar-refractivity contribution >= 4 is 17.4 Å². The van der Waals surface area contributed by atoms with Gasteiger partial charge in [0.05, 0.1) is 5.56 Å². The van der Waals surface area contributed by atoms with Crippen LogP contribution in [-0.2, 0) is 3.55 Å². The highest BCUT2D eigenvalue weighted by molar-refractivity contribution is 6.04. The predicted octanol–water partition coefficient (Wildman–Crippen LogP) is -0.691. The quantitative estimate of drug-likeness (QED) is 0.310. The van der Waals surface area contributed by atoms with Gasteiger partial charge in [0.15, 0.2) is 0 Å². The molecule has 26 heavy (non-hydrogen) atoms. The van der Waals surface area contributed by atoms with Gasteiger partial charge in [-0.05, 0) is 33.7 Å². The Kier molecular flexibility index (Phi) is 3.20. The van der Waals surface area contributed by atoms with Crippen molar-refractivity contribution in [2.45, 2.75) is 22.1 Å². The summed E-state index contributed by atoms with van der Waals surface area (Å²) in [5, 5.41) is 3.42. The van der Waals surface area contributed by atoms with Crippen LogP contribution in [0.5, 0.6) is 0 Å². The van der Waals surface area contributed by atoms with Gasteiger partial charge in [0.25, 0.3) is 5.91 Å². The molecule has 1 fully saturated rings. The first-order valence-corrected chi connectivity index (χ1v) is 9.54. The monoisotopic (exact) mass is 462 g/mol. The van der Waals surface area contributed by atoms with Crippen molar-refractivity contribution in [3.63, 3.8) is 0 Å². The van der Waals surface area contributed by atoms with E-state index in [4.69, 9.17) is 5.73 Å². The first-order valence-electron chi connectivity index (χ1n) is 8.46. The number of hydrogen-bond acceptors (Lipinski definition) is 4.